The van der Waals surface area contributed by atoms with E-state index in [0.29, 0.717) is 5.69 Å². The van der Waals surface area contributed by atoms with Crippen LogP contribution in [0.4, 0.5) is 5.69 Å². The van der Waals surface area contributed by atoms with Gasteiger partial charge in [0.25, 0.3) is 0 Å². The lowest BCUT2D eigenvalue weighted by Gasteiger charge is -2.19. The zero-order valence-electron chi connectivity index (χ0n) is 9.70. The van der Waals surface area contributed by atoms with Crippen molar-refractivity contribution in [1.82, 2.24) is 0 Å². The molecule has 0 fully saturated rings. The molecule has 0 unspecified atom stereocenters. The summed E-state index contributed by atoms with van der Waals surface area (Å²) < 4.78 is 0. The minimum atomic E-state index is -1.18. The number of benzene rings is 1. The molecule has 0 spiro atoms. The molecule has 1 heterocycles. The molecule has 18 heavy (non-hydrogen) atoms. The van der Waals surface area contributed by atoms with E-state index in [9.17, 15) is 9.59 Å². The summed E-state index contributed by atoms with van der Waals surface area (Å²) in [6, 6.07) is 6.13. The molecule has 0 saturated carbocycles. The first kappa shape index (κ1) is 12.1. The van der Waals surface area contributed by atoms with Crippen LogP contribution < -0.4 is 5.01 Å². The Balaban J connectivity index is 2.36. The fourth-order valence-corrected chi connectivity index (χ4v) is 1.77. The van der Waals surface area contributed by atoms with E-state index in [2.05, 4.69) is 5.10 Å². The van der Waals surface area contributed by atoms with E-state index < -0.39 is 18.0 Å². The number of aryl methyl sites for hydroxylation is 1. The van der Waals surface area contributed by atoms with Crippen LogP contribution in [0.3, 0.4) is 0 Å². The van der Waals surface area contributed by atoms with Gasteiger partial charge in [0.05, 0.1) is 5.69 Å². The summed E-state index contributed by atoms with van der Waals surface area (Å²) >= 11 is 0. The Kier molecular flexibility index (Phi) is 3.01. The van der Waals surface area contributed by atoms with Gasteiger partial charge in [-0.25, -0.2) is 9.59 Å². The van der Waals surface area contributed by atoms with Crippen molar-refractivity contribution in [3.8, 4) is 0 Å². The third-order valence-corrected chi connectivity index (χ3v) is 2.74. The highest BCUT2D eigenvalue weighted by atomic mass is 16.4. The average Bonchev–Trinajstić information content (AvgIpc) is 2.75. The summed E-state index contributed by atoms with van der Waals surface area (Å²) in [6.07, 6.45) is -0.0987. The van der Waals surface area contributed by atoms with Crippen LogP contribution >= 0.6 is 0 Å². The molecule has 2 rings (SSSR count). The maximum Gasteiger partial charge on any atom is 0.352 e. The van der Waals surface area contributed by atoms with Crippen molar-refractivity contribution >= 4 is 23.3 Å². The number of hydrazone groups is 1. The molecule has 0 aromatic heterocycles. The Labute approximate surface area is 103 Å². The van der Waals surface area contributed by atoms with Crippen molar-refractivity contribution in [1.29, 1.82) is 0 Å². The first-order valence-corrected chi connectivity index (χ1v) is 5.38. The monoisotopic (exact) mass is 248 g/mol. The summed E-state index contributed by atoms with van der Waals surface area (Å²) in [6.45, 7) is 1.91. The standard InChI is InChI=1S/C12H12N2O4/c1-7-2-4-8(5-3-7)14-10(12(17)18)6-9(13-14)11(15)16/h2-5,10H,6H2,1H3,(H,15,16)(H,17,18)/t10-/m0/s1. The fourth-order valence-electron chi connectivity index (χ4n) is 1.77. The molecule has 0 saturated heterocycles. The fraction of sp³-hybridized carbons (Fsp3) is 0.250. The number of carbonyl (C=O) groups is 2. The van der Waals surface area contributed by atoms with Gasteiger partial charge in [0.15, 0.2) is 6.04 Å². The zero-order chi connectivity index (χ0) is 13.3. The Hall–Kier alpha value is -2.37. The predicted molar refractivity (Wildman–Crippen MR) is 64.8 cm³/mol. The predicted octanol–water partition coefficient (Wildman–Crippen LogP) is 1.10. The van der Waals surface area contributed by atoms with Gasteiger partial charge in [-0.2, -0.15) is 5.10 Å². The molecule has 1 aliphatic heterocycles. The van der Waals surface area contributed by atoms with Crippen LogP contribution in [-0.4, -0.2) is 33.9 Å². The van der Waals surface area contributed by atoms with E-state index in [1.165, 1.54) is 5.01 Å². The lowest BCUT2D eigenvalue weighted by atomic mass is 10.1. The second-order valence-electron chi connectivity index (χ2n) is 4.09. The van der Waals surface area contributed by atoms with E-state index in [4.69, 9.17) is 10.2 Å². The second-order valence-corrected chi connectivity index (χ2v) is 4.09. The lowest BCUT2D eigenvalue weighted by Crippen LogP contribution is -2.34. The zero-order valence-corrected chi connectivity index (χ0v) is 9.70. The number of hydrogen-bond acceptors (Lipinski definition) is 4. The van der Waals surface area contributed by atoms with Crippen molar-refractivity contribution in [3.63, 3.8) is 0 Å². The highest BCUT2D eigenvalue weighted by Gasteiger charge is 2.36. The Morgan fingerprint density at radius 1 is 1.28 bits per heavy atom. The van der Waals surface area contributed by atoms with Crippen molar-refractivity contribution in [2.45, 2.75) is 19.4 Å². The Bertz CT molecular complexity index is 521. The van der Waals surface area contributed by atoms with Gasteiger partial charge in [-0.15, -0.1) is 0 Å². The van der Waals surface area contributed by atoms with E-state index >= 15 is 0 Å². The van der Waals surface area contributed by atoms with Gasteiger partial charge < -0.3 is 10.2 Å². The molecule has 1 aromatic carbocycles. The number of carboxylic acids is 2. The highest BCUT2D eigenvalue weighted by Crippen LogP contribution is 2.25. The maximum atomic E-state index is 11.1. The molecule has 0 amide bonds. The van der Waals surface area contributed by atoms with E-state index in [-0.39, 0.29) is 12.1 Å². The molecule has 6 nitrogen and oxygen atoms in total. The summed E-state index contributed by atoms with van der Waals surface area (Å²) in [5, 5.41) is 23.1. The lowest BCUT2D eigenvalue weighted by molar-refractivity contribution is -0.138. The van der Waals surface area contributed by atoms with Gasteiger partial charge in [-0.3, -0.25) is 5.01 Å². The third-order valence-electron chi connectivity index (χ3n) is 2.74. The quantitative estimate of drug-likeness (QED) is 0.835. The molecule has 6 heteroatoms. The van der Waals surface area contributed by atoms with Gasteiger partial charge in [-0.05, 0) is 19.1 Å². The van der Waals surface area contributed by atoms with Crippen molar-refractivity contribution in [2.24, 2.45) is 5.10 Å². The molecular formula is C12H12N2O4. The number of carboxylic acid groups (broad SMARTS) is 2. The van der Waals surface area contributed by atoms with E-state index in [0.717, 1.165) is 5.56 Å². The SMILES string of the molecule is Cc1ccc(N2N=C(C(=O)O)C[C@H]2C(=O)O)cc1. The van der Waals surface area contributed by atoms with Crippen molar-refractivity contribution in [2.75, 3.05) is 5.01 Å². The van der Waals surface area contributed by atoms with Gasteiger partial charge in [0.2, 0.25) is 0 Å². The first-order valence-electron chi connectivity index (χ1n) is 5.38. The number of rotatable bonds is 3. The number of aliphatic carboxylic acids is 2. The van der Waals surface area contributed by atoms with E-state index in [1.807, 2.05) is 19.1 Å². The number of nitrogens with zero attached hydrogens (tertiary/aromatic N) is 2. The molecule has 1 aliphatic rings. The van der Waals surface area contributed by atoms with Crippen molar-refractivity contribution < 1.29 is 19.8 Å². The van der Waals surface area contributed by atoms with Crippen LogP contribution in [0, 0.1) is 6.92 Å². The molecule has 0 bridgehead atoms. The van der Waals surface area contributed by atoms with Crippen LogP contribution in [-0.2, 0) is 9.59 Å². The molecular weight excluding hydrogens is 236 g/mol. The summed E-state index contributed by atoms with van der Waals surface area (Å²) in [7, 11) is 0. The topological polar surface area (TPSA) is 90.2 Å². The minimum absolute atomic E-state index is 0.0987. The van der Waals surface area contributed by atoms with Gasteiger partial charge >= 0.3 is 11.9 Å². The molecule has 94 valence electrons. The van der Waals surface area contributed by atoms with E-state index in [1.54, 1.807) is 12.1 Å². The van der Waals surface area contributed by atoms with Crippen LogP contribution in [0.2, 0.25) is 0 Å². The van der Waals surface area contributed by atoms with Crippen LogP contribution in [0.5, 0.6) is 0 Å². The van der Waals surface area contributed by atoms with Gasteiger partial charge in [0, 0.05) is 6.42 Å². The Morgan fingerprint density at radius 2 is 1.89 bits per heavy atom. The molecule has 2 N–H and O–H groups in total. The molecule has 0 radical (unpaired) electrons. The van der Waals surface area contributed by atoms with Crippen LogP contribution in [0.25, 0.3) is 0 Å². The van der Waals surface area contributed by atoms with Crippen LogP contribution in [0.15, 0.2) is 29.4 Å². The number of anilines is 1. The molecule has 1 aromatic rings. The summed E-state index contributed by atoms with van der Waals surface area (Å²) in [5.41, 5.74) is 1.47. The Morgan fingerprint density at radius 3 is 2.39 bits per heavy atom. The second kappa shape index (κ2) is 4.48. The van der Waals surface area contributed by atoms with Gasteiger partial charge in [0.1, 0.15) is 5.71 Å². The van der Waals surface area contributed by atoms with Gasteiger partial charge in [-0.1, -0.05) is 17.7 Å². The number of hydrogen-bond donors (Lipinski definition) is 2. The summed E-state index contributed by atoms with van der Waals surface area (Å²) in [5.74, 6) is -2.27. The normalized spacial score (nSPS) is 18.6. The smallest absolute Gasteiger partial charge is 0.352 e. The first-order chi connectivity index (χ1) is 8.49. The largest absolute Gasteiger partial charge is 0.480 e. The highest BCUT2D eigenvalue weighted by molar-refractivity contribution is 6.37. The average molecular weight is 248 g/mol. The summed E-state index contributed by atoms with van der Waals surface area (Å²) in [4.78, 5) is 22.0. The minimum Gasteiger partial charge on any atom is -0.480 e. The molecule has 0 aliphatic carbocycles. The van der Waals surface area contributed by atoms with Crippen LogP contribution in [0.1, 0.15) is 12.0 Å². The van der Waals surface area contributed by atoms with Crippen molar-refractivity contribution in [3.05, 3.63) is 29.8 Å². The molecule has 1 atom stereocenters. The third kappa shape index (κ3) is 2.17. The maximum absolute atomic E-state index is 11.1.